The van der Waals surface area contributed by atoms with Crippen LogP contribution in [-0.2, 0) is 24.5 Å². The van der Waals surface area contributed by atoms with Crippen LogP contribution in [0.1, 0.15) is 18.1 Å². The first kappa shape index (κ1) is 17.7. The highest BCUT2D eigenvalue weighted by Gasteiger charge is 2.19. The lowest BCUT2D eigenvalue weighted by atomic mass is 10.0. The van der Waals surface area contributed by atoms with Gasteiger partial charge in [-0.15, -0.1) is 0 Å². The molecule has 1 heterocycles. The van der Waals surface area contributed by atoms with E-state index in [1.807, 2.05) is 67.6 Å². The van der Waals surface area contributed by atoms with E-state index in [1.165, 1.54) is 4.57 Å². The SMILES string of the molecule is CCc1c(-c2ccccc2)n(COCc2ccccc2)c(=O)n(O)c1=O. The van der Waals surface area contributed by atoms with Crippen molar-refractivity contribution in [1.82, 2.24) is 9.30 Å². The van der Waals surface area contributed by atoms with Gasteiger partial charge in [-0.3, -0.25) is 9.36 Å². The van der Waals surface area contributed by atoms with Crippen molar-refractivity contribution >= 4 is 0 Å². The molecule has 0 aliphatic heterocycles. The van der Waals surface area contributed by atoms with E-state index in [1.54, 1.807) is 0 Å². The first-order valence-corrected chi connectivity index (χ1v) is 8.38. The van der Waals surface area contributed by atoms with E-state index in [2.05, 4.69) is 0 Å². The zero-order chi connectivity index (χ0) is 18.5. The van der Waals surface area contributed by atoms with Gasteiger partial charge in [-0.1, -0.05) is 72.3 Å². The Morgan fingerprint density at radius 3 is 2.19 bits per heavy atom. The molecule has 0 bridgehead atoms. The molecule has 6 heteroatoms. The highest BCUT2D eigenvalue weighted by atomic mass is 16.5. The Labute approximate surface area is 150 Å². The lowest BCUT2D eigenvalue weighted by molar-refractivity contribution is 0.0532. The molecular formula is C20H20N2O4. The molecule has 3 aromatic rings. The molecule has 0 atom stereocenters. The van der Waals surface area contributed by atoms with Crippen LogP contribution in [0, 0.1) is 0 Å². The summed E-state index contributed by atoms with van der Waals surface area (Å²) in [6.07, 6.45) is 0.378. The van der Waals surface area contributed by atoms with Crippen LogP contribution in [0.5, 0.6) is 0 Å². The summed E-state index contributed by atoms with van der Waals surface area (Å²) in [5.74, 6) is 0. The topological polar surface area (TPSA) is 73.5 Å². The van der Waals surface area contributed by atoms with Crippen molar-refractivity contribution in [3.8, 4) is 11.3 Å². The summed E-state index contributed by atoms with van der Waals surface area (Å²) >= 11 is 0. The lowest BCUT2D eigenvalue weighted by Crippen LogP contribution is -2.42. The van der Waals surface area contributed by atoms with Gasteiger partial charge < -0.3 is 9.94 Å². The summed E-state index contributed by atoms with van der Waals surface area (Å²) in [4.78, 5) is 24.8. The van der Waals surface area contributed by atoms with Gasteiger partial charge in [0.25, 0.3) is 5.56 Å². The fraction of sp³-hybridized carbons (Fsp3) is 0.200. The van der Waals surface area contributed by atoms with Crippen molar-refractivity contribution in [2.24, 2.45) is 0 Å². The van der Waals surface area contributed by atoms with Crippen molar-refractivity contribution in [2.45, 2.75) is 26.7 Å². The minimum Gasteiger partial charge on any atom is -0.421 e. The second-order valence-electron chi connectivity index (χ2n) is 5.84. The second-order valence-corrected chi connectivity index (χ2v) is 5.84. The fourth-order valence-corrected chi connectivity index (χ4v) is 2.88. The van der Waals surface area contributed by atoms with E-state index in [0.717, 1.165) is 11.1 Å². The number of nitrogens with zero attached hydrogens (tertiary/aromatic N) is 2. The van der Waals surface area contributed by atoms with Gasteiger partial charge in [0.1, 0.15) is 6.73 Å². The smallest absolute Gasteiger partial charge is 0.366 e. The van der Waals surface area contributed by atoms with Gasteiger partial charge in [0.15, 0.2) is 0 Å². The molecular weight excluding hydrogens is 332 g/mol. The van der Waals surface area contributed by atoms with Crippen molar-refractivity contribution < 1.29 is 9.94 Å². The van der Waals surface area contributed by atoms with Gasteiger partial charge in [-0.2, -0.15) is 0 Å². The lowest BCUT2D eigenvalue weighted by Gasteiger charge is -2.17. The standard InChI is InChI=1S/C20H20N2O4/c1-2-17-18(16-11-7-4-8-12-16)21(20(24)22(25)19(17)23)14-26-13-15-9-5-3-6-10-15/h3-12,25H,2,13-14H2,1H3. The van der Waals surface area contributed by atoms with Crippen molar-refractivity contribution in [1.29, 1.82) is 0 Å². The molecule has 0 amide bonds. The molecule has 6 nitrogen and oxygen atoms in total. The molecule has 0 spiro atoms. The molecule has 0 aliphatic carbocycles. The fourth-order valence-electron chi connectivity index (χ4n) is 2.88. The maximum absolute atomic E-state index is 12.5. The van der Waals surface area contributed by atoms with Crippen molar-refractivity contribution in [3.63, 3.8) is 0 Å². The number of benzene rings is 2. The highest BCUT2D eigenvalue weighted by molar-refractivity contribution is 5.63. The Hall–Kier alpha value is -3.12. The quantitative estimate of drug-likeness (QED) is 0.692. The second kappa shape index (κ2) is 7.84. The minimum absolute atomic E-state index is 0.0776. The summed E-state index contributed by atoms with van der Waals surface area (Å²) in [6, 6.07) is 18.7. The molecule has 0 saturated carbocycles. The predicted molar refractivity (Wildman–Crippen MR) is 98.2 cm³/mol. The van der Waals surface area contributed by atoms with Crippen LogP contribution in [-0.4, -0.2) is 14.5 Å². The number of hydrogen-bond donors (Lipinski definition) is 1. The van der Waals surface area contributed by atoms with Crippen LogP contribution in [0.15, 0.2) is 70.3 Å². The third-order valence-corrected chi connectivity index (χ3v) is 4.15. The third kappa shape index (κ3) is 3.45. The Morgan fingerprint density at radius 2 is 1.58 bits per heavy atom. The average molecular weight is 352 g/mol. The summed E-state index contributed by atoms with van der Waals surface area (Å²) in [7, 11) is 0. The molecule has 0 fully saturated rings. The van der Waals surface area contributed by atoms with Gasteiger partial charge in [-0.05, 0) is 17.5 Å². The van der Waals surface area contributed by atoms with Crippen LogP contribution < -0.4 is 11.2 Å². The summed E-state index contributed by atoms with van der Waals surface area (Å²) in [5.41, 5.74) is 1.01. The molecule has 0 unspecified atom stereocenters. The van der Waals surface area contributed by atoms with Gasteiger partial charge >= 0.3 is 5.69 Å². The van der Waals surface area contributed by atoms with Crippen LogP contribution in [0.25, 0.3) is 11.3 Å². The first-order valence-electron chi connectivity index (χ1n) is 8.38. The van der Waals surface area contributed by atoms with E-state index >= 15 is 0 Å². The zero-order valence-corrected chi connectivity index (χ0v) is 14.5. The van der Waals surface area contributed by atoms with Gasteiger partial charge in [0.05, 0.1) is 12.3 Å². The number of hydrogen-bond acceptors (Lipinski definition) is 4. The molecule has 134 valence electrons. The van der Waals surface area contributed by atoms with Gasteiger partial charge in [0.2, 0.25) is 0 Å². The largest absolute Gasteiger partial charge is 0.421 e. The molecule has 2 aromatic carbocycles. The first-order chi connectivity index (χ1) is 12.6. The van der Waals surface area contributed by atoms with E-state index in [4.69, 9.17) is 4.74 Å². The molecule has 1 N–H and O–H groups in total. The maximum Gasteiger partial charge on any atom is 0.366 e. The molecule has 3 rings (SSSR count). The van der Waals surface area contributed by atoms with E-state index in [-0.39, 0.29) is 11.5 Å². The summed E-state index contributed by atoms with van der Waals surface area (Å²) in [6.45, 7) is 2.04. The van der Waals surface area contributed by atoms with Crippen molar-refractivity contribution in [3.05, 3.63) is 92.6 Å². The molecule has 1 aromatic heterocycles. The summed E-state index contributed by atoms with van der Waals surface area (Å²) < 4.78 is 7.12. The van der Waals surface area contributed by atoms with E-state index < -0.39 is 11.2 Å². The predicted octanol–water partition coefficient (Wildman–Crippen LogP) is 2.65. The van der Waals surface area contributed by atoms with Crippen LogP contribution in [0.2, 0.25) is 0 Å². The number of aromatic nitrogens is 2. The Morgan fingerprint density at radius 1 is 0.962 bits per heavy atom. The molecule has 0 radical (unpaired) electrons. The van der Waals surface area contributed by atoms with Crippen LogP contribution in [0.4, 0.5) is 0 Å². The Balaban J connectivity index is 2.04. The molecule has 0 saturated heterocycles. The Bertz CT molecular complexity index is 992. The van der Waals surface area contributed by atoms with Gasteiger partial charge in [0, 0.05) is 5.56 Å². The Kier molecular flexibility index (Phi) is 5.34. The average Bonchev–Trinajstić information content (AvgIpc) is 2.69. The maximum atomic E-state index is 12.5. The third-order valence-electron chi connectivity index (χ3n) is 4.15. The van der Waals surface area contributed by atoms with Gasteiger partial charge in [-0.25, -0.2) is 4.79 Å². The highest BCUT2D eigenvalue weighted by Crippen LogP contribution is 2.21. The summed E-state index contributed by atoms with van der Waals surface area (Å²) in [5, 5.41) is 9.90. The van der Waals surface area contributed by atoms with Crippen molar-refractivity contribution in [2.75, 3.05) is 0 Å². The number of rotatable bonds is 6. The normalized spacial score (nSPS) is 10.8. The van der Waals surface area contributed by atoms with Crippen LogP contribution in [0.3, 0.4) is 0 Å². The monoisotopic (exact) mass is 352 g/mol. The minimum atomic E-state index is -0.820. The molecule has 26 heavy (non-hydrogen) atoms. The van der Waals surface area contributed by atoms with E-state index in [0.29, 0.717) is 24.3 Å². The number of ether oxygens (including phenoxy) is 1. The van der Waals surface area contributed by atoms with Crippen LogP contribution >= 0.6 is 0 Å². The van der Waals surface area contributed by atoms with E-state index in [9.17, 15) is 14.8 Å². The zero-order valence-electron chi connectivity index (χ0n) is 14.5. The molecule has 0 aliphatic rings.